The number of hydrogen-bond acceptors (Lipinski definition) is 4. The number of ether oxygens (including phenoxy) is 2. The SMILES string of the molecule is CCc1cccc(C)c1NC(=S)NC(=O)c1ccc2c(c1)OCCO2. The standard InChI is InChI=1S/C19H20N2O3S/c1-3-13-6-4-5-12(2)17(13)20-19(25)21-18(22)14-7-8-15-16(11-14)24-10-9-23-15/h4-8,11H,3,9-10H2,1-2H3,(H2,20,21,22,25). The van der Waals surface area contributed by atoms with Gasteiger partial charge in [-0.05, 0) is 54.9 Å². The zero-order valence-electron chi connectivity index (χ0n) is 14.2. The maximum absolute atomic E-state index is 12.4. The van der Waals surface area contributed by atoms with Crippen molar-refractivity contribution < 1.29 is 14.3 Å². The van der Waals surface area contributed by atoms with Gasteiger partial charge in [-0.2, -0.15) is 0 Å². The minimum Gasteiger partial charge on any atom is -0.486 e. The van der Waals surface area contributed by atoms with Gasteiger partial charge < -0.3 is 14.8 Å². The smallest absolute Gasteiger partial charge is 0.257 e. The number of carbonyl (C=O) groups is 1. The molecule has 2 N–H and O–H groups in total. The summed E-state index contributed by atoms with van der Waals surface area (Å²) in [7, 11) is 0. The Morgan fingerprint density at radius 2 is 1.92 bits per heavy atom. The molecule has 6 heteroatoms. The first-order valence-electron chi connectivity index (χ1n) is 8.19. The van der Waals surface area contributed by atoms with E-state index in [4.69, 9.17) is 21.7 Å². The van der Waals surface area contributed by atoms with E-state index < -0.39 is 0 Å². The summed E-state index contributed by atoms with van der Waals surface area (Å²) in [4.78, 5) is 12.4. The lowest BCUT2D eigenvalue weighted by Gasteiger charge is -2.19. The molecule has 0 unspecified atom stereocenters. The first-order valence-corrected chi connectivity index (χ1v) is 8.59. The van der Waals surface area contributed by atoms with Gasteiger partial charge in [0.2, 0.25) is 0 Å². The van der Waals surface area contributed by atoms with Gasteiger partial charge in [-0.25, -0.2) is 0 Å². The van der Waals surface area contributed by atoms with Crippen LogP contribution in [0.5, 0.6) is 11.5 Å². The number of aryl methyl sites for hydroxylation is 2. The number of rotatable bonds is 3. The molecule has 0 bridgehead atoms. The lowest BCUT2D eigenvalue weighted by molar-refractivity contribution is 0.0976. The topological polar surface area (TPSA) is 59.6 Å². The van der Waals surface area contributed by atoms with Gasteiger partial charge in [-0.3, -0.25) is 10.1 Å². The maximum atomic E-state index is 12.4. The van der Waals surface area contributed by atoms with Gasteiger partial charge in [0.1, 0.15) is 13.2 Å². The van der Waals surface area contributed by atoms with E-state index in [1.807, 2.05) is 25.1 Å². The van der Waals surface area contributed by atoms with E-state index in [2.05, 4.69) is 17.6 Å². The molecule has 0 atom stereocenters. The molecule has 0 radical (unpaired) electrons. The van der Waals surface area contributed by atoms with Crippen LogP contribution in [0.2, 0.25) is 0 Å². The molecule has 0 aromatic heterocycles. The van der Waals surface area contributed by atoms with E-state index in [1.54, 1.807) is 18.2 Å². The van der Waals surface area contributed by atoms with Crippen molar-refractivity contribution in [1.29, 1.82) is 0 Å². The molecule has 1 heterocycles. The van der Waals surface area contributed by atoms with Crippen LogP contribution < -0.4 is 20.1 Å². The number of amides is 1. The quantitative estimate of drug-likeness (QED) is 0.825. The van der Waals surface area contributed by atoms with Gasteiger partial charge in [0, 0.05) is 11.3 Å². The fourth-order valence-electron chi connectivity index (χ4n) is 2.71. The van der Waals surface area contributed by atoms with Crippen molar-refractivity contribution >= 4 is 28.9 Å². The molecule has 2 aromatic rings. The Kier molecular flexibility index (Phi) is 5.19. The van der Waals surface area contributed by atoms with E-state index in [0.29, 0.717) is 30.3 Å². The predicted octanol–water partition coefficient (Wildman–Crippen LogP) is 3.46. The Morgan fingerprint density at radius 1 is 1.16 bits per heavy atom. The highest BCUT2D eigenvalue weighted by Gasteiger charge is 2.16. The number of carbonyl (C=O) groups excluding carboxylic acids is 1. The number of fused-ring (bicyclic) bond motifs is 1. The average Bonchev–Trinajstić information content (AvgIpc) is 2.62. The number of benzene rings is 2. The molecule has 1 aliphatic heterocycles. The van der Waals surface area contributed by atoms with Crippen LogP contribution in [0, 0.1) is 6.92 Å². The first kappa shape index (κ1) is 17.2. The van der Waals surface area contributed by atoms with E-state index in [9.17, 15) is 4.79 Å². The Bertz CT molecular complexity index is 820. The average molecular weight is 356 g/mol. The zero-order valence-corrected chi connectivity index (χ0v) is 15.0. The van der Waals surface area contributed by atoms with Crippen molar-refractivity contribution in [2.24, 2.45) is 0 Å². The van der Waals surface area contributed by atoms with Gasteiger partial charge >= 0.3 is 0 Å². The van der Waals surface area contributed by atoms with Gasteiger partial charge in [-0.15, -0.1) is 0 Å². The van der Waals surface area contributed by atoms with E-state index in [0.717, 1.165) is 23.2 Å². The van der Waals surface area contributed by atoms with E-state index in [-0.39, 0.29) is 11.0 Å². The van der Waals surface area contributed by atoms with Crippen molar-refractivity contribution in [2.75, 3.05) is 18.5 Å². The molecule has 0 aliphatic carbocycles. The third-order valence-electron chi connectivity index (χ3n) is 4.01. The van der Waals surface area contributed by atoms with Crippen molar-refractivity contribution in [3.05, 3.63) is 53.1 Å². The summed E-state index contributed by atoms with van der Waals surface area (Å²) in [6.07, 6.45) is 0.878. The predicted molar refractivity (Wildman–Crippen MR) is 102 cm³/mol. The number of hydrogen-bond donors (Lipinski definition) is 2. The molecule has 0 spiro atoms. The van der Waals surface area contributed by atoms with Gasteiger partial charge in [-0.1, -0.05) is 25.1 Å². The summed E-state index contributed by atoms with van der Waals surface area (Å²) >= 11 is 5.30. The fraction of sp³-hybridized carbons (Fsp3) is 0.263. The summed E-state index contributed by atoms with van der Waals surface area (Å²) in [6, 6.07) is 11.1. The van der Waals surface area contributed by atoms with E-state index >= 15 is 0 Å². The molecular formula is C19H20N2O3S. The number of nitrogens with one attached hydrogen (secondary N) is 2. The normalized spacial score (nSPS) is 12.4. The highest BCUT2D eigenvalue weighted by molar-refractivity contribution is 7.80. The monoisotopic (exact) mass is 356 g/mol. The zero-order chi connectivity index (χ0) is 17.8. The second kappa shape index (κ2) is 7.53. The summed E-state index contributed by atoms with van der Waals surface area (Å²) in [5.74, 6) is 0.932. The third-order valence-corrected chi connectivity index (χ3v) is 4.21. The van der Waals surface area contributed by atoms with Crippen molar-refractivity contribution in [3.63, 3.8) is 0 Å². The molecular weight excluding hydrogens is 336 g/mol. The first-order chi connectivity index (χ1) is 12.1. The molecule has 2 aromatic carbocycles. The van der Waals surface area contributed by atoms with Gasteiger partial charge in [0.05, 0.1) is 0 Å². The molecule has 130 valence electrons. The highest BCUT2D eigenvalue weighted by Crippen LogP contribution is 2.30. The van der Waals surface area contributed by atoms with Crippen molar-refractivity contribution in [2.45, 2.75) is 20.3 Å². The van der Waals surface area contributed by atoms with Crippen molar-refractivity contribution in [1.82, 2.24) is 5.32 Å². The van der Waals surface area contributed by atoms with Gasteiger partial charge in [0.25, 0.3) is 5.91 Å². The third kappa shape index (κ3) is 3.91. The molecule has 5 nitrogen and oxygen atoms in total. The molecule has 25 heavy (non-hydrogen) atoms. The van der Waals surface area contributed by atoms with Crippen LogP contribution in [0.3, 0.4) is 0 Å². The highest BCUT2D eigenvalue weighted by atomic mass is 32.1. The second-order valence-corrected chi connectivity index (χ2v) is 6.14. The van der Waals surface area contributed by atoms with Crippen LogP contribution in [0.4, 0.5) is 5.69 Å². The van der Waals surface area contributed by atoms with Crippen molar-refractivity contribution in [3.8, 4) is 11.5 Å². The van der Waals surface area contributed by atoms with Crippen LogP contribution in [0.1, 0.15) is 28.4 Å². The molecule has 3 rings (SSSR count). The van der Waals surface area contributed by atoms with E-state index in [1.165, 1.54) is 0 Å². The molecule has 0 saturated carbocycles. The maximum Gasteiger partial charge on any atom is 0.257 e. The molecule has 1 aliphatic rings. The minimum absolute atomic E-state index is 0.267. The summed E-state index contributed by atoms with van der Waals surface area (Å²) in [5, 5.41) is 6.12. The van der Waals surface area contributed by atoms with Crippen LogP contribution in [-0.4, -0.2) is 24.2 Å². The van der Waals surface area contributed by atoms with Crippen LogP contribution in [0.15, 0.2) is 36.4 Å². The second-order valence-electron chi connectivity index (χ2n) is 5.73. The molecule has 0 fully saturated rings. The number of para-hydroxylation sites is 1. The Balaban J connectivity index is 1.70. The Morgan fingerprint density at radius 3 is 2.68 bits per heavy atom. The largest absolute Gasteiger partial charge is 0.486 e. The lowest BCUT2D eigenvalue weighted by atomic mass is 10.1. The Hall–Kier alpha value is -2.60. The van der Waals surface area contributed by atoms with Crippen LogP contribution in [-0.2, 0) is 6.42 Å². The lowest BCUT2D eigenvalue weighted by Crippen LogP contribution is -2.34. The fourth-order valence-corrected chi connectivity index (χ4v) is 2.90. The van der Waals surface area contributed by atoms with Crippen LogP contribution >= 0.6 is 12.2 Å². The minimum atomic E-state index is -0.291. The summed E-state index contributed by atoms with van der Waals surface area (Å²) in [6.45, 7) is 5.08. The molecule has 1 amide bonds. The summed E-state index contributed by atoms with van der Waals surface area (Å²) in [5.41, 5.74) is 3.64. The van der Waals surface area contributed by atoms with Gasteiger partial charge in [0.15, 0.2) is 16.6 Å². The molecule has 0 saturated heterocycles. The number of anilines is 1. The summed E-state index contributed by atoms with van der Waals surface area (Å²) < 4.78 is 11.0. The number of thiocarbonyl (C=S) groups is 1. The van der Waals surface area contributed by atoms with Crippen LogP contribution in [0.25, 0.3) is 0 Å². The Labute approximate surface area is 152 Å².